The van der Waals surface area contributed by atoms with Gasteiger partial charge in [-0.15, -0.1) is 0 Å². The highest BCUT2D eigenvalue weighted by Crippen LogP contribution is 2.44. The van der Waals surface area contributed by atoms with Gasteiger partial charge in [0, 0.05) is 6.20 Å². The molecule has 0 bridgehead atoms. The number of ether oxygens (including phenoxy) is 2. The van der Waals surface area contributed by atoms with Gasteiger partial charge in [0.1, 0.15) is 11.9 Å². The van der Waals surface area contributed by atoms with Gasteiger partial charge in [-0.3, -0.25) is 4.57 Å². The van der Waals surface area contributed by atoms with Crippen molar-refractivity contribution in [3.8, 4) is 0 Å². The molecule has 8 nitrogen and oxygen atoms in total. The van der Waals surface area contributed by atoms with Crippen molar-refractivity contribution in [2.45, 2.75) is 24.4 Å². The topological polar surface area (TPSA) is 117 Å². The Hall–Kier alpha value is -2.85. The van der Waals surface area contributed by atoms with Crippen LogP contribution >= 0.6 is 0 Å². The van der Waals surface area contributed by atoms with E-state index in [1.165, 1.54) is 12.1 Å². The number of aromatic nitrogens is 2. The van der Waals surface area contributed by atoms with Gasteiger partial charge in [-0.2, -0.15) is 13.8 Å². The molecule has 1 aromatic carbocycles. The molecule has 1 aliphatic rings. The van der Waals surface area contributed by atoms with Crippen LogP contribution in [0.2, 0.25) is 0 Å². The summed E-state index contributed by atoms with van der Waals surface area (Å²) in [6.07, 6.45) is -4.71. The first-order valence-corrected chi connectivity index (χ1v) is 7.59. The standard InChI is InChI=1S/C16H15F2N3O5/c17-16(18)12(26-13(23)9-4-2-1-3-5-9)10(8-22)25-14(16)21-7-6-11(19)20-15(21)24/h1-7,10,12,14,22H,8H2,(H2,19,20,24)/t10-,12?,14?/m1/s1. The maximum Gasteiger partial charge on any atom is 0.351 e. The minimum atomic E-state index is -3.79. The van der Waals surface area contributed by atoms with Crippen molar-refractivity contribution >= 4 is 11.8 Å². The van der Waals surface area contributed by atoms with Crippen LogP contribution in [0.1, 0.15) is 16.6 Å². The van der Waals surface area contributed by atoms with Gasteiger partial charge in [-0.25, -0.2) is 9.59 Å². The molecule has 0 aliphatic carbocycles. The molecule has 10 heteroatoms. The Bertz CT molecular complexity index is 858. The Morgan fingerprint density at radius 1 is 1.35 bits per heavy atom. The monoisotopic (exact) mass is 367 g/mol. The Balaban J connectivity index is 1.90. The first kappa shape index (κ1) is 18.0. The highest BCUT2D eigenvalue weighted by Gasteiger charge is 2.62. The number of alkyl halides is 2. The van der Waals surface area contributed by atoms with E-state index in [0.29, 0.717) is 4.57 Å². The number of nitrogens with zero attached hydrogens (tertiary/aromatic N) is 2. The summed E-state index contributed by atoms with van der Waals surface area (Å²) in [6.45, 7) is -0.837. The van der Waals surface area contributed by atoms with E-state index >= 15 is 0 Å². The number of carbonyl (C=O) groups is 1. The van der Waals surface area contributed by atoms with E-state index in [2.05, 4.69) is 4.98 Å². The SMILES string of the molecule is Nc1ccn(C2O[C@H](CO)C(OC(=O)c3ccccc3)C2(F)F)c(=O)n1. The van der Waals surface area contributed by atoms with Crippen LogP contribution in [0.25, 0.3) is 0 Å². The van der Waals surface area contributed by atoms with Crippen molar-refractivity contribution in [2.24, 2.45) is 0 Å². The van der Waals surface area contributed by atoms with Gasteiger partial charge in [-0.05, 0) is 18.2 Å². The highest BCUT2D eigenvalue weighted by atomic mass is 19.3. The number of hydrogen-bond donors (Lipinski definition) is 2. The number of aliphatic hydroxyl groups excluding tert-OH is 1. The van der Waals surface area contributed by atoms with Gasteiger partial charge in [0.05, 0.1) is 12.2 Å². The normalized spacial score (nSPS) is 24.3. The van der Waals surface area contributed by atoms with Gasteiger partial charge in [0.2, 0.25) is 6.23 Å². The molecule has 0 radical (unpaired) electrons. The maximum absolute atomic E-state index is 14.8. The summed E-state index contributed by atoms with van der Waals surface area (Å²) >= 11 is 0. The second-order valence-corrected chi connectivity index (χ2v) is 5.62. The van der Waals surface area contributed by atoms with Crippen molar-refractivity contribution in [3.05, 3.63) is 58.6 Å². The van der Waals surface area contributed by atoms with Gasteiger partial charge >= 0.3 is 17.6 Å². The van der Waals surface area contributed by atoms with Gasteiger partial charge in [-0.1, -0.05) is 18.2 Å². The number of rotatable bonds is 4. The Morgan fingerprint density at radius 2 is 2.04 bits per heavy atom. The minimum Gasteiger partial charge on any atom is -0.449 e. The van der Waals surface area contributed by atoms with E-state index in [0.717, 1.165) is 12.3 Å². The second-order valence-electron chi connectivity index (χ2n) is 5.62. The number of nitrogens with two attached hydrogens (primary N) is 1. The molecule has 2 unspecified atom stereocenters. The number of carbonyl (C=O) groups excluding carboxylic acids is 1. The molecule has 1 aliphatic heterocycles. The van der Waals surface area contributed by atoms with Gasteiger partial charge < -0.3 is 20.3 Å². The second kappa shape index (κ2) is 6.81. The lowest BCUT2D eigenvalue weighted by atomic mass is 10.1. The number of esters is 1. The molecule has 3 N–H and O–H groups in total. The molecule has 2 aromatic rings. The highest BCUT2D eigenvalue weighted by molar-refractivity contribution is 5.89. The van der Waals surface area contributed by atoms with E-state index in [1.54, 1.807) is 18.2 Å². The summed E-state index contributed by atoms with van der Waals surface area (Å²) in [7, 11) is 0. The van der Waals surface area contributed by atoms with Crippen molar-refractivity contribution in [3.63, 3.8) is 0 Å². The summed E-state index contributed by atoms with van der Waals surface area (Å²) in [5, 5.41) is 9.36. The minimum absolute atomic E-state index is 0.0646. The van der Waals surface area contributed by atoms with E-state index in [4.69, 9.17) is 15.2 Å². The van der Waals surface area contributed by atoms with Crippen molar-refractivity contribution in [2.75, 3.05) is 12.3 Å². The summed E-state index contributed by atoms with van der Waals surface area (Å²) in [5.41, 5.74) is 4.35. The zero-order valence-electron chi connectivity index (χ0n) is 13.3. The van der Waals surface area contributed by atoms with E-state index in [9.17, 15) is 23.5 Å². The van der Waals surface area contributed by atoms with Crippen LogP contribution in [0.4, 0.5) is 14.6 Å². The fourth-order valence-electron chi connectivity index (χ4n) is 2.62. The molecule has 3 atom stereocenters. The van der Waals surface area contributed by atoms with Gasteiger partial charge in [0.15, 0.2) is 6.10 Å². The molecular weight excluding hydrogens is 352 g/mol. The molecule has 2 heterocycles. The number of benzene rings is 1. The van der Waals surface area contributed by atoms with E-state index in [-0.39, 0.29) is 11.4 Å². The largest absolute Gasteiger partial charge is 0.449 e. The number of hydrogen-bond acceptors (Lipinski definition) is 7. The molecule has 0 amide bonds. The third-order valence-electron chi connectivity index (χ3n) is 3.88. The predicted molar refractivity (Wildman–Crippen MR) is 84.5 cm³/mol. The van der Waals surface area contributed by atoms with Crippen molar-refractivity contribution in [1.82, 2.24) is 9.55 Å². The predicted octanol–water partition coefficient (Wildman–Crippen LogP) is 0.576. The van der Waals surface area contributed by atoms with Crippen LogP contribution in [-0.2, 0) is 9.47 Å². The molecule has 0 spiro atoms. The zero-order valence-corrected chi connectivity index (χ0v) is 13.3. The number of nitrogen functional groups attached to an aromatic ring is 1. The zero-order chi connectivity index (χ0) is 18.9. The van der Waals surface area contributed by atoms with Crippen molar-refractivity contribution in [1.29, 1.82) is 0 Å². The first-order chi connectivity index (χ1) is 12.3. The molecule has 26 heavy (non-hydrogen) atoms. The van der Waals surface area contributed by atoms with Crippen LogP contribution in [0.3, 0.4) is 0 Å². The number of anilines is 1. The van der Waals surface area contributed by atoms with Crippen LogP contribution in [-0.4, -0.2) is 45.4 Å². The molecule has 1 saturated heterocycles. The number of halogens is 2. The lowest BCUT2D eigenvalue weighted by Gasteiger charge is -2.24. The summed E-state index contributed by atoms with van der Waals surface area (Å²) < 4.78 is 40.2. The van der Waals surface area contributed by atoms with Crippen LogP contribution < -0.4 is 11.4 Å². The summed E-state index contributed by atoms with van der Waals surface area (Å²) in [6, 6.07) is 8.69. The smallest absolute Gasteiger partial charge is 0.351 e. The lowest BCUT2D eigenvalue weighted by molar-refractivity contribution is -0.142. The Labute approximate surface area is 145 Å². The molecule has 138 valence electrons. The fourth-order valence-corrected chi connectivity index (χ4v) is 2.62. The fraction of sp³-hybridized carbons (Fsp3) is 0.312. The summed E-state index contributed by atoms with van der Waals surface area (Å²) in [5.74, 6) is -4.93. The molecule has 1 aromatic heterocycles. The molecule has 0 saturated carbocycles. The van der Waals surface area contributed by atoms with Gasteiger partial charge in [0.25, 0.3) is 0 Å². The molecular formula is C16H15F2N3O5. The van der Waals surface area contributed by atoms with Crippen LogP contribution in [0, 0.1) is 0 Å². The van der Waals surface area contributed by atoms with Crippen molar-refractivity contribution < 1.29 is 28.2 Å². The maximum atomic E-state index is 14.8. The Morgan fingerprint density at radius 3 is 2.65 bits per heavy atom. The lowest BCUT2D eigenvalue weighted by Crippen LogP contribution is -2.44. The average molecular weight is 367 g/mol. The van der Waals surface area contributed by atoms with E-state index < -0.39 is 42.6 Å². The first-order valence-electron chi connectivity index (χ1n) is 7.59. The average Bonchev–Trinajstić information content (AvgIpc) is 2.86. The third-order valence-corrected chi connectivity index (χ3v) is 3.88. The molecule has 1 fully saturated rings. The van der Waals surface area contributed by atoms with Crippen LogP contribution in [0.5, 0.6) is 0 Å². The van der Waals surface area contributed by atoms with Crippen LogP contribution in [0.15, 0.2) is 47.4 Å². The number of aliphatic hydroxyl groups is 1. The van der Waals surface area contributed by atoms with E-state index in [1.807, 2.05) is 0 Å². The molecule has 3 rings (SSSR count). The third kappa shape index (κ3) is 3.16. The quantitative estimate of drug-likeness (QED) is 0.759. The Kier molecular flexibility index (Phi) is 4.70. The summed E-state index contributed by atoms with van der Waals surface area (Å²) in [4.78, 5) is 27.3.